The lowest BCUT2D eigenvalue weighted by Gasteiger charge is -2.18. The molecule has 1 fully saturated rings. The topological polar surface area (TPSA) is 47.4 Å². The largest absolute Gasteiger partial charge is 0.492 e. The smallest absolute Gasteiger partial charge is 0.227 e. The second kappa shape index (κ2) is 9.10. The Morgan fingerprint density at radius 1 is 1.03 bits per heavy atom. The first-order chi connectivity index (χ1) is 16.1. The van der Waals surface area contributed by atoms with Crippen molar-refractivity contribution in [3.05, 3.63) is 89.7 Å². The molecule has 3 aromatic carbocycles. The molecule has 4 aromatic rings. The number of aryl methyl sites for hydroxylation is 2. The summed E-state index contributed by atoms with van der Waals surface area (Å²) in [6.45, 7) is 6.07. The van der Waals surface area contributed by atoms with Crippen LogP contribution in [-0.4, -0.2) is 28.6 Å². The maximum atomic E-state index is 12.9. The summed E-state index contributed by atoms with van der Waals surface area (Å²) in [5.41, 5.74) is 5.46. The second-order valence-corrected chi connectivity index (χ2v) is 8.70. The lowest BCUT2D eigenvalue weighted by Crippen LogP contribution is -2.24. The number of anilines is 1. The first-order valence-corrected chi connectivity index (χ1v) is 11.7. The van der Waals surface area contributed by atoms with Gasteiger partial charge in [-0.15, -0.1) is 0 Å². The molecule has 33 heavy (non-hydrogen) atoms. The Hall–Kier alpha value is -3.60. The summed E-state index contributed by atoms with van der Waals surface area (Å²) in [4.78, 5) is 19.8. The second-order valence-electron chi connectivity index (χ2n) is 8.70. The van der Waals surface area contributed by atoms with E-state index >= 15 is 0 Å². The van der Waals surface area contributed by atoms with Crippen molar-refractivity contribution in [3.63, 3.8) is 0 Å². The summed E-state index contributed by atoms with van der Waals surface area (Å²) in [5, 5.41) is 0. The van der Waals surface area contributed by atoms with Gasteiger partial charge in [0.2, 0.25) is 5.91 Å². The predicted molar refractivity (Wildman–Crippen MR) is 132 cm³/mol. The van der Waals surface area contributed by atoms with Crippen LogP contribution in [0.4, 0.5) is 5.69 Å². The fourth-order valence-corrected chi connectivity index (χ4v) is 4.64. The van der Waals surface area contributed by atoms with E-state index in [0.29, 0.717) is 26.1 Å². The van der Waals surface area contributed by atoms with Gasteiger partial charge in [-0.25, -0.2) is 4.98 Å². The predicted octanol–water partition coefficient (Wildman–Crippen LogP) is 5.51. The van der Waals surface area contributed by atoms with Crippen molar-refractivity contribution in [3.8, 4) is 5.75 Å². The van der Waals surface area contributed by atoms with E-state index in [4.69, 9.17) is 9.72 Å². The van der Waals surface area contributed by atoms with Crippen LogP contribution in [0.25, 0.3) is 11.0 Å². The standard InChI is InChI=1S/C28H29N3O2/c1-3-21-11-13-24(14-12-21)33-16-15-30-26-10-5-4-9-25(26)29-28(30)22-18-27(32)31(19-22)23-8-6-7-20(2)17-23/h4-14,17,22H,3,15-16,18-19H2,1-2H3. The SMILES string of the molecule is CCc1ccc(OCCn2c(C3CC(=O)N(c4cccc(C)c4)C3)nc3ccccc32)cc1. The van der Waals surface area contributed by atoms with E-state index in [1.807, 2.05) is 47.4 Å². The minimum atomic E-state index is 0.0502. The third-order valence-electron chi connectivity index (χ3n) is 6.40. The number of carbonyl (C=O) groups excluding carboxylic acids is 1. The van der Waals surface area contributed by atoms with Crippen LogP contribution in [0, 0.1) is 6.92 Å². The highest BCUT2D eigenvalue weighted by molar-refractivity contribution is 5.96. The van der Waals surface area contributed by atoms with Crippen LogP contribution in [0.3, 0.4) is 0 Å². The maximum Gasteiger partial charge on any atom is 0.227 e. The fourth-order valence-electron chi connectivity index (χ4n) is 4.64. The van der Waals surface area contributed by atoms with Crippen LogP contribution in [0.5, 0.6) is 5.75 Å². The normalized spacial score (nSPS) is 16.0. The first kappa shape index (κ1) is 21.3. The van der Waals surface area contributed by atoms with E-state index < -0.39 is 0 Å². The number of nitrogens with zero attached hydrogens (tertiary/aromatic N) is 3. The van der Waals surface area contributed by atoms with E-state index in [9.17, 15) is 4.79 Å². The third kappa shape index (κ3) is 4.36. The molecule has 0 bridgehead atoms. The highest BCUT2D eigenvalue weighted by atomic mass is 16.5. The molecule has 1 aliphatic heterocycles. The van der Waals surface area contributed by atoms with Crippen LogP contribution in [0.1, 0.15) is 36.2 Å². The van der Waals surface area contributed by atoms with Gasteiger partial charge in [0.1, 0.15) is 18.2 Å². The van der Waals surface area contributed by atoms with Crippen LogP contribution in [-0.2, 0) is 17.8 Å². The van der Waals surface area contributed by atoms with E-state index in [1.165, 1.54) is 5.56 Å². The Morgan fingerprint density at radius 2 is 1.85 bits per heavy atom. The van der Waals surface area contributed by atoms with Crippen LogP contribution in [0.2, 0.25) is 0 Å². The monoisotopic (exact) mass is 439 g/mol. The molecule has 1 atom stereocenters. The summed E-state index contributed by atoms with van der Waals surface area (Å²) < 4.78 is 8.27. The van der Waals surface area contributed by atoms with Gasteiger partial charge in [0.15, 0.2) is 0 Å². The minimum Gasteiger partial charge on any atom is -0.492 e. The molecule has 2 heterocycles. The number of amides is 1. The molecular formula is C28H29N3O2. The van der Waals surface area contributed by atoms with Crippen molar-refractivity contribution < 1.29 is 9.53 Å². The molecule has 0 N–H and O–H groups in total. The zero-order valence-electron chi connectivity index (χ0n) is 19.2. The molecule has 0 saturated carbocycles. The van der Waals surface area contributed by atoms with Gasteiger partial charge in [0.25, 0.3) is 0 Å². The van der Waals surface area contributed by atoms with Crippen molar-refractivity contribution in [2.24, 2.45) is 0 Å². The van der Waals surface area contributed by atoms with Crippen molar-refractivity contribution in [2.75, 3.05) is 18.1 Å². The number of ether oxygens (including phenoxy) is 1. The molecule has 0 aliphatic carbocycles. The number of hydrogen-bond donors (Lipinski definition) is 0. The molecule has 0 radical (unpaired) electrons. The van der Waals surface area contributed by atoms with Crippen molar-refractivity contribution in [2.45, 2.75) is 39.2 Å². The Labute approximate surface area is 194 Å². The Balaban J connectivity index is 1.38. The van der Waals surface area contributed by atoms with Crippen LogP contribution >= 0.6 is 0 Å². The summed E-state index contributed by atoms with van der Waals surface area (Å²) in [7, 11) is 0. The van der Waals surface area contributed by atoms with Crippen molar-refractivity contribution in [1.29, 1.82) is 0 Å². The molecule has 1 saturated heterocycles. The molecule has 5 rings (SSSR count). The number of carbonyl (C=O) groups is 1. The molecular weight excluding hydrogens is 410 g/mol. The maximum absolute atomic E-state index is 12.9. The molecule has 1 aliphatic rings. The van der Waals surface area contributed by atoms with Crippen molar-refractivity contribution >= 4 is 22.6 Å². The number of fused-ring (bicyclic) bond motifs is 1. The highest BCUT2D eigenvalue weighted by Crippen LogP contribution is 2.33. The number of imidazole rings is 1. The zero-order chi connectivity index (χ0) is 22.8. The van der Waals surface area contributed by atoms with Crippen LogP contribution in [0.15, 0.2) is 72.8 Å². The lowest BCUT2D eigenvalue weighted by molar-refractivity contribution is -0.117. The lowest BCUT2D eigenvalue weighted by atomic mass is 10.1. The van der Waals surface area contributed by atoms with E-state index in [-0.39, 0.29) is 11.8 Å². The molecule has 1 aromatic heterocycles. The number of benzene rings is 3. The number of para-hydroxylation sites is 2. The number of aromatic nitrogens is 2. The fraction of sp³-hybridized carbons (Fsp3) is 0.286. The Morgan fingerprint density at radius 3 is 2.64 bits per heavy atom. The summed E-state index contributed by atoms with van der Waals surface area (Å²) in [6.07, 6.45) is 1.49. The van der Waals surface area contributed by atoms with Gasteiger partial charge in [-0.3, -0.25) is 4.79 Å². The average molecular weight is 440 g/mol. The third-order valence-corrected chi connectivity index (χ3v) is 6.40. The molecule has 0 spiro atoms. The minimum absolute atomic E-state index is 0.0502. The molecule has 5 heteroatoms. The highest BCUT2D eigenvalue weighted by Gasteiger charge is 2.34. The van der Waals surface area contributed by atoms with E-state index in [1.54, 1.807) is 0 Å². The number of hydrogen-bond acceptors (Lipinski definition) is 3. The van der Waals surface area contributed by atoms with E-state index in [2.05, 4.69) is 48.7 Å². The van der Waals surface area contributed by atoms with E-state index in [0.717, 1.165) is 40.3 Å². The van der Waals surface area contributed by atoms with Gasteiger partial charge in [0, 0.05) is 24.6 Å². The molecule has 1 amide bonds. The van der Waals surface area contributed by atoms with Gasteiger partial charge in [-0.2, -0.15) is 0 Å². The average Bonchev–Trinajstić information content (AvgIpc) is 3.40. The molecule has 168 valence electrons. The van der Waals surface area contributed by atoms with Gasteiger partial charge >= 0.3 is 0 Å². The summed E-state index contributed by atoms with van der Waals surface area (Å²) in [6, 6.07) is 24.6. The molecule has 5 nitrogen and oxygen atoms in total. The summed E-state index contributed by atoms with van der Waals surface area (Å²) in [5.74, 6) is 2.04. The molecule has 1 unspecified atom stereocenters. The number of rotatable bonds is 7. The first-order valence-electron chi connectivity index (χ1n) is 11.7. The van der Waals surface area contributed by atoms with Gasteiger partial charge in [-0.1, -0.05) is 43.3 Å². The quantitative estimate of drug-likeness (QED) is 0.382. The Kier molecular flexibility index (Phi) is 5.86. The van der Waals surface area contributed by atoms with Gasteiger partial charge in [0.05, 0.1) is 17.6 Å². The zero-order valence-corrected chi connectivity index (χ0v) is 19.2. The van der Waals surface area contributed by atoms with Gasteiger partial charge < -0.3 is 14.2 Å². The summed E-state index contributed by atoms with van der Waals surface area (Å²) >= 11 is 0. The van der Waals surface area contributed by atoms with Gasteiger partial charge in [-0.05, 0) is 60.9 Å². The van der Waals surface area contributed by atoms with Crippen LogP contribution < -0.4 is 9.64 Å². The Bertz CT molecular complexity index is 1280. The van der Waals surface area contributed by atoms with Crippen molar-refractivity contribution in [1.82, 2.24) is 9.55 Å².